The average Bonchev–Trinajstić information content (AvgIpc) is 2.49. The second kappa shape index (κ2) is 7.96. The molecule has 8 nitrogen and oxygen atoms in total. The van der Waals surface area contributed by atoms with Gasteiger partial charge in [-0.15, -0.1) is 0 Å². The SMILES string of the molecule is COc1cc(NC(CCC(=O)O)C(=O)O)cc(OC)c1OC. The molecule has 0 aliphatic heterocycles. The monoisotopic (exact) mass is 313 g/mol. The van der Waals surface area contributed by atoms with Crippen LogP contribution in [0.2, 0.25) is 0 Å². The number of rotatable bonds is 9. The van der Waals surface area contributed by atoms with E-state index in [-0.39, 0.29) is 12.8 Å². The minimum atomic E-state index is -1.14. The highest BCUT2D eigenvalue weighted by molar-refractivity contribution is 5.79. The first-order valence-corrected chi connectivity index (χ1v) is 6.44. The molecule has 1 rings (SSSR count). The molecule has 0 radical (unpaired) electrons. The second-order valence-electron chi connectivity index (χ2n) is 4.38. The van der Waals surface area contributed by atoms with Gasteiger partial charge in [0.05, 0.1) is 21.3 Å². The van der Waals surface area contributed by atoms with E-state index < -0.39 is 18.0 Å². The van der Waals surface area contributed by atoms with E-state index in [9.17, 15) is 9.59 Å². The van der Waals surface area contributed by atoms with E-state index in [0.717, 1.165) is 0 Å². The van der Waals surface area contributed by atoms with Crippen LogP contribution in [0.5, 0.6) is 17.2 Å². The number of methoxy groups -OCH3 is 3. The van der Waals surface area contributed by atoms with Gasteiger partial charge in [-0.2, -0.15) is 0 Å². The van der Waals surface area contributed by atoms with Crippen molar-refractivity contribution >= 4 is 17.6 Å². The van der Waals surface area contributed by atoms with Crippen molar-refractivity contribution in [2.45, 2.75) is 18.9 Å². The first-order chi connectivity index (χ1) is 10.4. The Hall–Kier alpha value is -2.64. The Labute approximate surface area is 127 Å². The van der Waals surface area contributed by atoms with Crippen LogP contribution in [-0.4, -0.2) is 49.5 Å². The van der Waals surface area contributed by atoms with E-state index in [2.05, 4.69) is 5.32 Å². The van der Waals surface area contributed by atoms with Gasteiger partial charge in [-0.05, 0) is 6.42 Å². The third kappa shape index (κ3) is 4.44. The highest BCUT2D eigenvalue weighted by atomic mass is 16.5. The molecule has 0 heterocycles. The molecule has 0 aliphatic carbocycles. The third-order valence-corrected chi connectivity index (χ3v) is 2.95. The van der Waals surface area contributed by atoms with E-state index in [4.69, 9.17) is 24.4 Å². The van der Waals surface area contributed by atoms with Gasteiger partial charge in [-0.25, -0.2) is 4.79 Å². The zero-order valence-electron chi connectivity index (χ0n) is 12.6. The number of ether oxygens (including phenoxy) is 3. The topological polar surface area (TPSA) is 114 Å². The normalized spacial score (nSPS) is 11.4. The number of anilines is 1. The van der Waals surface area contributed by atoms with Crippen LogP contribution in [0.4, 0.5) is 5.69 Å². The smallest absolute Gasteiger partial charge is 0.326 e. The Morgan fingerprint density at radius 1 is 1.09 bits per heavy atom. The highest BCUT2D eigenvalue weighted by Gasteiger charge is 2.20. The van der Waals surface area contributed by atoms with Crippen molar-refractivity contribution in [2.75, 3.05) is 26.6 Å². The number of aliphatic carboxylic acids is 2. The maximum Gasteiger partial charge on any atom is 0.326 e. The lowest BCUT2D eigenvalue weighted by molar-refractivity contribution is -0.139. The van der Waals surface area contributed by atoms with Crippen molar-refractivity contribution in [2.24, 2.45) is 0 Å². The predicted octanol–water partition coefficient (Wildman–Crippen LogP) is 1.44. The van der Waals surface area contributed by atoms with E-state index in [1.807, 2.05) is 0 Å². The summed E-state index contributed by atoms with van der Waals surface area (Å²) in [5.74, 6) is -1.08. The van der Waals surface area contributed by atoms with E-state index in [0.29, 0.717) is 22.9 Å². The lowest BCUT2D eigenvalue weighted by Crippen LogP contribution is -2.29. The van der Waals surface area contributed by atoms with Crippen LogP contribution in [-0.2, 0) is 9.59 Å². The Kier molecular flexibility index (Phi) is 6.30. The summed E-state index contributed by atoms with van der Waals surface area (Å²) < 4.78 is 15.5. The van der Waals surface area contributed by atoms with Gasteiger partial charge in [0.15, 0.2) is 11.5 Å². The summed E-state index contributed by atoms with van der Waals surface area (Å²) in [5, 5.41) is 20.6. The molecule has 8 heteroatoms. The number of hydrogen-bond acceptors (Lipinski definition) is 6. The maximum absolute atomic E-state index is 11.2. The highest BCUT2D eigenvalue weighted by Crippen LogP contribution is 2.40. The van der Waals surface area contributed by atoms with E-state index in [1.165, 1.54) is 21.3 Å². The standard InChI is InChI=1S/C14H19NO7/c1-20-10-6-8(7-11(21-2)13(10)22-3)15-9(14(18)19)4-5-12(16)17/h6-7,9,15H,4-5H2,1-3H3,(H,16,17)(H,18,19). The molecular formula is C14H19NO7. The summed E-state index contributed by atoms with van der Waals surface area (Å²) in [6.07, 6.45) is -0.310. The van der Waals surface area contributed by atoms with Gasteiger partial charge in [0.25, 0.3) is 0 Å². The summed E-state index contributed by atoms with van der Waals surface area (Å²) in [7, 11) is 4.35. The lowest BCUT2D eigenvalue weighted by atomic mass is 10.1. The maximum atomic E-state index is 11.2. The Morgan fingerprint density at radius 3 is 2.00 bits per heavy atom. The number of nitrogens with one attached hydrogen (secondary N) is 1. The fraction of sp³-hybridized carbons (Fsp3) is 0.429. The molecule has 0 amide bonds. The van der Waals surface area contributed by atoms with Crippen molar-refractivity contribution in [3.05, 3.63) is 12.1 Å². The van der Waals surface area contributed by atoms with Crippen LogP contribution >= 0.6 is 0 Å². The first-order valence-electron chi connectivity index (χ1n) is 6.44. The van der Waals surface area contributed by atoms with Crippen LogP contribution < -0.4 is 19.5 Å². The van der Waals surface area contributed by atoms with Crippen LogP contribution in [0.1, 0.15) is 12.8 Å². The summed E-state index contributed by atoms with van der Waals surface area (Å²) in [4.78, 5) is 21.8. The molecule has 0 saturated heterocycles. The molecule has 3 N–H and O–H groups in total. The quantitative estimate of drug-likeness (QED) is 0.627. The molecule has 1 aromatic carbocycles. The van der Waals surface area contributed by atoms with Gasteiger partial charge < -0.3 is 29.7 Å². The van der Waals surface area contributed by atoms with Gasteiger partial charge in [0.1, 0.15) is 6.04 Å². The van der Waals surface area contributed by atoms with Crippen molar-refractivity contribution in [1.82, 2.24) is 0 Å². The zero-order valence-corrected chi connectivity index (χ0v) is 12.6. The summed E-state index contributed by atoms with van der Waals surface area (Å²) in [5.41, 5.74) is 0.423. The predicted molar refractivity (Wildman–Crippen MR) is 78.0 cm³/mol. The molecule has 0 saturated carbocycles. The molecule has 0 spiro atoms. The molecule has 22 heavy (non-hydrogen) atoms. The molecule has 0 aromatic heterocycles. The fourth-order valence-electron chi connectivity index (χ4n) is 1.89. The molecule has 122 valence electrons. The summed E-state index contributed by atoms with van der Waals surface area (Å²) in [6.45, 7) is 0. The first kappa shape index (κ1) is 17.4. The van der Waals surface area contributed by atoms with Gasteiger partial charge in [0.2, 0.25) is 5.75 Å². The summed E-state index contributed by atoms with van der Waals surface area (Å²) in [6, 6.07) is 2.06. The number of hydrogen-bond donors (Lipinski definition) is 3. The third-order valence-electron chi connectivity index (χ3n) is 2.95. The number of carboxylic acid groups (broad SMARTS) is 2. The van der Waals surface area contributed by atoms with Gasteiger partial charge in [-0.1, -0.05) is 0 Å². The van der Waals surface area contributed by atoms with Crippen molar-refractivity contribution < 1.29 is 34.0 Å². The summed E-state index contributed by atoms with van der Waals surface area (Å²) >= 11 is 0. The molecule has 1 unspecified atom stereocenters. The molecule has 0 bridgehead atoms. The molecule has 0 fully saturated rings. The average molecular weight is 313 g/mol. The number of carboxylic acids is 2. The number of benzene rings is 1. The Morgan fingerprint density at radius 2 is 1.64 bits per heavy atom. The van der Waals surface area contributed by atoms with Crippen LogP contribution in [0.3, 0.4) is 0 Å². The van der Waals surface area contributed by atoms with Crippen molar-refractivity contribution in [1.29, 1.82) is 0 Å². The fourth-order valence-corrected chi connectivity index (χ4v) is 1.89. The lowest BCUT2D eigenvalue weighted by Gasteiger charge is -2.18. The van der Waals surface area contributed by atoms with E-state index >= 15 is 0 Å². The number of carbonyl (C=O) groups is 2. The van der Waals surface area contributed by atoms with Crippen LogP contribution in [0, 0.1) is 0 Å². The molecular weight excluding hydrogens is 294 g/mol. The van der Waals surface area contributed by atoms with Crippen molar-refractivity contribution in [3.63, 3.8) is 0 Å². The van der Waals surface area contributed by atoms with Gasteiger partial charge in [-0.3, -0.25) is 4.79 Å². The largest absolute Gasteiger partial charge is 0.493 e. The van der Waals surface area contributed by atoms with Crippen LogP contribution in [0.25, 0.3) is 0 Å². The Bertz CT molecular complexity index is 519. The Balaban J connectivity index is 3.03. The molecule has 1 aromatic rings. The van der Waals surface area contributed by atoms with Crippen molar-refractivity contribution in [3.8, 4) is 17.2 Å². The van der Waals surface area contributed by atoms with Crippen LogP contribution in [0.15, 0.2) is 12.1 Å². The second-order valence-corrected chi connectivity index (χ2v) is 4.38. The molecule has 1 atom stereocenters. The minimum absolute atomic E-state index is 0.0542. The molecule has 0 aliphatic rings. The van der Waals surface area contributed by atoms with E-state index in [1.54, 1.807) is 12.1 Å². The van der Waals surface area contributed by atoms with Gasteiger partial charge >= 0.3 is 11.9 Å². The minimum Gasteiger partial charge on any atom is -0.493 e. The van der Waals surface area contributed by atoms with Gasteiger partial charge in [0, 0.05) is 24.2 Å². The zero-order chi connectivity index (χ0) is 16.7.